The standard InChI is InChI=1S/C22H20N6O2/c1-3-9-27-19(23)16(21(29)25-12-15-5-4-8-24-11-15)10-17-20(27)26-18-7-6-14(2)13-28(18)22(17)30/h3-8,10-11,13,23H,1,9,12H2,2H3,(H,25,29). The molecule has 0 bridgehead atoms. The van der Waals surface area contributed by atoms with Crippen molar-refractivity contribution in [2.45, 2.75) is 20.0 Å². The fourth-order valence-electron chi connectivity index (χ4n) is 3.30. The van der Waals surface area contributed by atoms with E-state index < -0.39 is 5.91 Å². The lowest BCUT2D eigenvalue weighted by molar-refractivity contribution is 0.0948. The number of nitrogens with one attached hydrogen (secondary N) is 2. The summed E-state index contributed by atoms with van der Waals surface area (Å²) in [5, 5.41) is 11.6. The minimum absolute atomic E-state index is 0.0329. The molecule has 0 saturated heterocycles. The van der Waals surface area contributed by atoms with Crippen LogP contribution in [-0.4, -0.2) is 24.8 Å². The summed E-state index contributed by atoms with van der Waals surface area (Å²) in [4.78, 5) is 34.6. The molecule has 0 unspecified atom stereocenters. The monoisotopic (exact) mass is 400 g/mol. The molecule has 8 heteroatoms. The van der Waals surface area contributed by atoms with Crippen molar-refractivity contribution < 1.29 is 4.79 Å². The first-order chi connectivity index (χ1) is 14.5. The summed E-state index contributed by atoms with van der Waals surface area (Å²) in [6.45, 7) is 6.12. The zero-order chi connectivity index (χ0) is 21.3. The van der Waals surface area contributed by atoms with Gasteiger partial charge in [-0.3, -0.25) is 24.4 Å². The normalized spacial score (nSPS) is 11.0. The lowest BCUT2D eigenvalue weighted by atomic mass is 10.2. The number of allylic oxidation sites excluding steroid dienone is 1. The van der Waals surface area contributed by atoms with Gasteiger partial charge in [-0.1, -0.05) is 18.2 Å². The molecule has 0 saturated carbocycles. The van der Waals surface area contributed by atoms with Crippen LogP contribution in [0.5, 0.6) is 0 Å². The lowest BCUT2D eigenvalue weighted by Crippen LogP contribution is -2.34. The van der Waals surface area contributed by atoms with Crippen LogP contribution < -0.4 is 16.4 Å². The van der Waals surface area contributed by atoms with Gasteiger partial charge in [-0.25, -0.2) is 4.98 Å². The molecule has 2 N–H and O–H groups in total. The highest BCUT2D eigenvalue weighted by Crippen LogP contribution is 2.11. The number of aryl methyl sites for hydroxylation is 1. The van der Waals surface area contributed by atoms with E-state index in [0.29, 0.717) is 11.3 Å². The molecule has 0 aliphatic rings. The second-order valence-electron chi connectivity index (χ2n) is 6.94. The summed E-state index contributed by atoms with van der Waals surface area (Å²) in [5.41, 5.74) is 2.34. The fourth-order valence-corrected chi connectivity index (χ4v) is 3.30. The Balaban J connectivity index is 1.88. The summed E-state index contributed by atoms with van der Waals surface area (Å²) in [7, 11) is 0. The number of amides is 1. The van der Waals surface area contributed by atoms with Crippen molar-refractivity contribution in [3.63, 3.8) is 0 Å². The highest BCUT2D eigenvalue weighted by Gasteiger charge is 2.17. The molecule has 0 radical (unpaired) electrons. The molecule has 4 heterocycles. The van der Waals surface area contributed by atoms with E-state index in [9.17, 15) is 9.59 Å². The van der Waals surface area contributed by atoms with Crippen LogP contribution in [0.25, 0.3) is 16.7 Å². The molecule has 0 aliphatic heterocycles. The van der Waals surface area contributed by atoms with Crippen LogP contribution in [0.2, 0.25) is 0 Å². The summed E-state index contributed by atoms with van der Waals surface area (Å²) in [6, 6.07) is 8.70. The van der Waals surface area contributed by atoms with Gasteiger partial charge in [0.15, 0.2) is 0 Å². The van der Waals surface area contributed by atoms with Crippen LogP contribution in [0.3, 0.4) is 0 Å². The minimum atomic E-state index is -0.447. The molecular weight excluding hydrogens is 380 g/mol. The molecule has 150 valence electrons. The van der Waals surface area contributed by atoms with Crippen LogP contribution in [0, 0.1) is 12.3 Å². The maximum absolute atomic E-state index is 13.1. The predicted molar refractivity (Wildman–Crippen MR) is 113 cm³/mol. The van der Waals surface area contributed by atoms with Crippen molar-refractivity contribution in [3.8, 4) is 0 Å². The van der Waals surface area contributed by atoms with Gasteiger partial charge in [-0.2, -0.15) is 0 Å². The summed E-state index contributed by atoms with van der Waals surface area (Å²) in [5.74, 6) is -0.447. The molecule has 4 rings (SSSR count). The highest BCUT2D eigenvalue weighted by molar-refractivity contribution is 5.96. The third-order valence-electron chi connectivity index (χ3n) is 4.79. The lowest BCUT2D eigenvalue weighted by Gasteiger charge is -2.13. The molecule has 1 amide bonds. The van der Waals surface area contributed by atoms with Gasteiger partial charge in [0.25, 0.3) is 11.5 Å². The zero-order valence-electron chi connectivity index (χ0n) is 16.4. The number of carbonyl (C=O) groups excluding carboxylic acids is 1. The van der Waals surface area contributed by atoms with E-state index in [1.165, 1.54) is 15.0 Å². The highest BCUT2D eigenvalue weighted by atomic mass is 16.1. The van der Waals surface area contributed by atoms with E-state index in [0.717, 1.165) is 11.1 Å². The van der Waals surface area contributed by atoms with Crippen molar-refractivity contribution in [1.82, 2.24) is 24.3 Å². The Bertz CT molecular complexity index is 1400. The van der Waals surface area contributed by atoms with Gasteiger partial charge >= 0.3 is 0 Å². The molecule has 0 spiro atoms. The van der Waals surface area contributed by atoms with E-state index in [4.69, 9.17) is 5.41 Å². The van der Waals surface area contributed by atoms with Crippen molar-refractivity contribution in [2.24, 2.45) is 0 Å². The van der Waals surface area contributed by atoms with Gasteiger partial charge < -0.3 is 9.88 Å². The van der Waals surface area contributed by atoms with Crippen molar-refractivity contribution >= 4 is 22.6 Å². The number of pyridine rings is 3. The van der Waals surface area contributed by atoms with E-state index in [1.807, 2.05) is 19.1 Å². The molecule has 0 fully saturated rings. The topological polar surface area (TPSA) is 105 Å². The average molecular weight is 400 g/mol. The Morgan fingerprint density at radius 2 is 2.17 bits per heavy atom. The molecule has 0 aromatic carbocycles. The Labute approximate surface area is 171 Å². The van der Waals surface area contributed by atoms with Gasteiger partial charge in [0.2, 0.25) is 0 Å². The molecule has 4 aromatic rings. The maximum Gasteiger partial charge on any atom is 0.267 e. The quantitative estimate of drug-likeness (QED) is 0.395. The molecule has 4 aromatic heterocycles. The second-order valence-corrected chi connectivity index (χ2v) is 6.94. The molecule has 8 nitrogen and oxygen atoms in total. The summed E-state index contributed by atoms with van der Waals surface area (Å²) >= 11 is 0. The smallest absolute Gasteiger partial charge is 0.267 e. The third kappa shape index (κ3) is 3.39. The number of hydrogen-bond acceptors (Lipinski definition) is 5. The SMILES string of the molecule is C=CCn1c(=N)c(C(=O)NCc2cccnc2)cc2c(=O)n3cc(C)ccc3nc21. The Morgan fingerprint density at radius 1 is 1.33 bits per heavy atom. The minimum Gasteiger partial charge on any atom is -0.348 e. The van der Waals surface area contributed by atoms with Crippen molar-refractivity contribution in [1.29, 1.82) is 5.41 Å². The number of fused-ring (bicyclic) bond motifs is 2. The van der Waals surface area contributed by atoms with E-state index in [1.54, 1.807) is 36.8 Å². The number of nitrogens with zero attached hydrogens (tertiary/aromatic N) is 4. The first-order valence-corrected chi connectivity index (χ1v) is 9.39. The van der Waals surface area contributed by atoms with E-state index in [-0.39, 0.29) is 35.1 Å². The molecule has 0 aliphatic carbocycles. The largest absolute Gasteiger partial charge is 0.348 e. The molecule has 0 atom stereocenters. The maximum atomic E-state index is 13.1. The van der Waals surface area contributed by atoms with Crippen LogP contribution in [-0.2, 0) is 13.1 Å². The predicted octanol–water partition coefficient (Wildman–Crippen LogP) is 1.95. The number of hydrogen-bond donors (Lipinski definition) is 2. The Hall–Kier alpha value is -4.07. The average Bonchev–Trinajstić information content (AvgIpc) is 2.75. The summed E-state index contributed by atoms with van der Waals surface area (Å²) in [6.07, 6.45) is 6.62. The molecular formula is C22H20N6O2. The molecule has 30 heavy (non-hydrogen) atoms. The first kappa shape index (κ1) is 19.3. The van der Waals surface area contributed by atoms with E-state index in [2.05, 4.69) is 21.9 Å². The number of aromatic nitrogens is 4. The fraction of sp³-hybridized carbons (Fsp3) is 0.136. The van der Waals surface area contributed by atoms with E-state index >= 15 is 0 Å². The third-order valence-corrected chi connectivity index (χ3v) is 4.79. The second kappa shape index (κ2) is 7.75. The van der Waals surface area contributed by atoms with Crippen molar-refractivity contribution in [2.75, 3.05) is 0 Å². The summed E-state index contributed by atoms with van der Waals surface area (Å²) < 4.78 is 2.97. The van der Waals surface area contributed by atoms with Gasteiger partial charge in [0, 0.05) is 31.7 Å². The van der Waals surface area contributed by atoms with Crippen molar-refractivity contribution in [3.05, 3.63) is 94.1 Å². The van der Waals surface area contributed by atoms with Gasteiger partial charge in [0.1, 0.15) is 16.8 Å². The van der Waals surface area contributed by atoms with Gasteiger partial charge in [0.05, 0.1) is 10.9 Å². The first-order valence-electron chi connectivity index (χ1n) is 9.39. The Kier molecular flexibility index (Phi) is 4.97. The van der Waals surface area contributed by atoms with Crippen LogP contribution >= 0.6 is 0 Å². The van der Waals surface area contributed by atoms with Crippen LogP contribution in [0.1, 0.15) is 21.5 Å². The Morgan fingerprint density at radius 3 is 2.90 bits per heavy atom. The number of carbonyl (C=O) groups is 1. The van der Waals surface area contributed by atoms with Gasteiger partial charge in [-0.15, -0.1) is 6.58 Å². The number of rotatable bonds is 5. The van der Waals surface area contributed by atoms with Crippen LogP contribution in [0.15, 0.2) is 66.4 Å². The van der Waals surface area contributed by atoms with Gasteiger partial charge in [-0.05, 0) is 36.2 Å². The van der Waals surface area contributed by atoms with Crippen LogP contribution in [0.4, 0.5) is 0 Å². The zero-order valence-corrected chi connectivity index (χ0v) is 16.4.